The molecule has 2 unspecified atom stereocenters. The molecule has 114 valence electrons. The van der Waals surface area contributed by atoms with E-state index >= 15 is 0 Å². The van der Waals surface area contributed by atoms with Crippen LogP contribution in [0.2, 0.25) is 0 Å². The summed E-state index contributed by atoms with van der Waals surface area (Å²) in [5.41, 5.74) is 0. The van der Waals surface area contributed by atoms with E-state index in [-0.39, 0.29) is 12.3 Å². The van der Waals surface area contributed by atoms with Crippen LogP contribution in [0.1, 0.15) is 32.1 Å². The molecule has 0 aromatic carbocycles. The Morgan fingerprint density at radius 2 is 1.84 bits per heavy atom. The summed E-state index contributed by atoms with van der Waals surface area (Å²) in [6.45, 7) is 0.338. The highest BCUT2D eigenvalue weighted by Crippen LogP contribution is 2.32. The molecule has 2 atom stereocenters. The smallest absolute Gasteiger partial charge is 0.215 e. The first kappa shape index (κ1) is 17.2. The van der Waals surface area contributed by atoms with Gasteiger partial charge in [-0.3, -0.25) is 0 Å². The summed E-state index contributed by atoms with van der Waals surface area (Å²) >= 11 is 3.40. The van der Waals surface area contributed by atoms with Crippen LogP contribution in [0.25, 0.3) is 0 Å². The number of sulfonamides is 1. The molecular weight excluding hydrogens is 347 g/mol. The second-order valence-corrected chi connectivity index (χ2v) is 7.57. The Morgan fingerprint density at radius 1 is 1.21 bits per heavy atom. The molecule has 8 heteroatoms. The topological polar surface area (TPSA) is 46.2 Å². The molecule has 0 aliphatic heterocycles. The second-order valence-electron chi connectivity index (χ2n) is 4.99. The molecule has 3 nitrogen and oxygen atoms in total. The zero-order valence-electron chi connectivity index (χ0n) is 10.5. The number of alkyl halides is 4. The zero-order valence-corrected chi connectivity index (χ0v) is 13.0. The molecule has 1 N–H and O–H groups in total. The molecule has 1 fully saturated rings. The second kappa shape index (κ2) is 7.26. The van der Waals surface area contributed by atoms with Crippen molar-refractivity contribution >= 4 is 26.0 Å². The van der Waals surface area contributed by atoms with E-state index in [9.17, 15) is 21.6 Å². The first-order valence-electron chi connectivity index (χ1n) is 6.33. The van der Waals surface area contributed by atoms with Crippen LogP contribution in [0.15, 0.2) is 0 Å². The fourth-order valence-electron chi connectivity index (χ4n) is 2.35. The van der Waals surface area contributed by atoms with Crippen molar-refractivity contribution in [2.24, 2.45) is 11.8 Å². The van der Waals surface area contributed by atoms with Crippen LogP contribution >= 0.6 is 15.9 Å². The summed E-state index contributed by atoms with van der Waals surface area (Å²) < 4.78 is 61.4. The molecule has 0 aromatic heterocycles. The molecular formula is C11H19BrF3NO2S. The van der Waals surface area contributed by atoms with Crippen LogP contribution in [-0.2, 0) is 10.0 Å². The predicted molar refractivity (Wildman–Crippen MR) is 71.7 cm³/mol. The first-order chi connectivity index (χ1) is 8.73. The van der Waals surface area contributed by atoms with Crippen LogP contribution in [0.4, 0.5) is 13.2 Å². The Hall–Kier alpha value is 0.180. The third kappa shape index (κ3) is 6.94. The lowest BCUT2D eigenvalue weighted by Gasteiger charge is -2.17. The Bertz CT molecular complexity index is 373. The number of halogens is 4. The molecule has 0 aromatic rings. The van der Waals surface area contributed by atoms with Gasteiger partial charge in [0.2, 0.25) is 10.0 Å². The summed E-state index contributed by atoms with van der Waals surface area (Å²) in [6.07, 6.45) is -2.60. The third-order valence-electron chi connectivity index (χ3n) is 3.45. The largest absolute Gasteiger partial charge is 0.389 e. The van der Waals surface area contributed by atoms with Gasteiger partial charge in [0.25, 0.3) is 0 Å². The molecule has 1 aliphatic carbocycles. The van der Waals surface area contributed by atoms with E-state index in [0.29, 0.717) is 12.5 Å². The first-order valence-corrected chi connectivity index (χ1v) is 9.11. The zero-order chi connectivity index (χ0) is 14.5. The number of hydrogen-bond donors (Lipinski definition) is 1. The Balaban J connectivity index is 2.30. The lowest BCUT2D eigenvalue weighted by atomic mass is 9.99. The van der Waals surface area contributed by atoms with Gasteiger partial charge in [0.1, 0.15) is 0 Å². The van der Waals surface area contributed by atoms with E-state index < -0.39 is 28.4 Å². The maximum atomic E-state index is 11.9. The summed E-state index contributed by atoms with van der Waals surface area (Å²) in [4.78, 5) is 0. The van der Waals surface area contributed by atoms with E-state index in [1.165, 1.54) is 0 Å². The van der Waals surface area contributed by atoms with Crippen LogP contribution in [0.3, 0.4) is 0 Å². The fraction of sp³-hybridized carbons (Fsp3) is 1.00. The average molecular weight is 366 g/mol. The van der Waals surface area contributed by atoms with Gasteiger partial charge >= 0.3 is 6.18 Å². The van der Waals surface area contributed by atoms with Crippen molar-refractivity contribution in [1.29, 1.82) is 0 Å². The number of rotatable bonds is 7. The van der Waals surface area contributed by atoms with Gasteiger partial charge < -0.3 is 0 Å². The lowest BCUT2D eigenvalue weighted by molar-refractivity contribution is -0.134. The molecule has 0 bridgehead atoms. The molecule has 1 aliphatic rings. The van der Waals surface area contributed by atoms with Crippen LogP contribution in [-0.4, -0.2) is 32.2 Å². The van der Waals surface area contributed by atoms with Crippen LogP contribution in [0, 0.1) is 11.8 Å². The van der Waals surface area contributed by atoms with Crippen molar-refractivity contribution < 1.29 is 21.6 Å². The van der Waals surface area contributed by atoms with Crippen molar-refractivity contribution in [2.45, 2.75) is 38.3 Å². The Labute approximate surface area is 120 Å². The fourth-order valence-corrected chi connectivity index (χ4v) is 4.34. The van der Waals surface area contributed by atoms with E-state index in [4.69, 9.17) is 0 Å². The lowest BCUT2D eigenvalue weighted by Crippen LogP contribution is -2.33. The molecule has 1 rings (SSSR count). The van der Waals surface area contributed by atoms with Crippen molar-refractivity contribution in [3.8, 4) is 0 Å². The normalized spacial score (nSPS) is 24.8. The van der Waals surface area contributed by atoms with Gasteiger partial charge in [-0.05, 0) is 31.1 Å². The van der Waals surface area contributed by atoms with Crippen molar-refractivity contribution in [2.75, 3.05) is 17.6 Å². The molecule has 0 spiro atoms. The van der Waals surface area contributed by atoms with E-state index in [1.54, 1.807) is 0 Å². The van der Waals surface area contributed by atoms with E-state index in [1.807, 2.05) is 0 Å². The van der Waals surface area contributed by atoms with Gasteiger partial charge in [-0.15, -0.1) is 0 Å². The molecule has 0 saturated heterocycles. The summed E-state index contributed by atoms with van der Waals surface area (Å²) in [6, 6.07) is 0. The van der Waals surface area contributed by atoms with Crippen LogP contribution < -0.4 is 4.72 Å². The monoisotopic (exact) mass is 365 g/mol. The highest BCUT2D eigenvalue weighted by atomic mass is 79.9. The number of hydrogen-bond acceptors (Lipinski definition) is 2. The third-order valence-corrected chi connectivity index (χ3v) is 5.72. The average Bonchev–Trinajstić information content (AvgIpc) is 2.71. The molecule has 1 saturated carbocycles. The maximum absolute atomic E-state index is 11.9. The van der Waals surface area contributed by atoms with Crippen molar-refractivity contribution in [1.82, 2.24) is 4.72 Å². The summed E-state index contributed by atoms with van der Waals surface area (Å²) in [5, 5.41) is 0.841. The van der Waals surface area contributed by atoms with Gasteiger partial charge in [0.05, 0.1) is 5.75 Å². The predicted octanol–water partition coefficient (Wildman–Crippen LogP) is 3.06. The maximum Gasteiger partial charge on any atom is 0.389 e. The quantitative estimate of drug-likeness (QED) is 0.704. The Kier molecular flexibility index (Phi) is 6.59. The SMILES string of the molecule is O=S(=O)(CCCC(F)(F)F)NCC1CCCC1CBr. The molecule has 0 heterocycles. The summed E-state index contributed by atoms with van der Waals surface area (Å²) in [5.74, 6) is 0.285. The van der Waals surface area contributed by atoms with Gasteiger partial charge in [-0.1, -0.05) is 22.4 Å². The van der Waals surface area contributed by atoms with Gasteiger partial charge in [-0.25, -0.2) is 13.1 Å². The van der Waals surface area contributed by atoms with E-state index in [0.717, 1.165) is 24.6 Å². The van der Waals surface area contributed by atoms with Gasteiger partial charge in [-0.2, -0.15) is 13.2 Å². The minimum atomic E-state index is -4.29. The highest BCUT2D eigenvalue weighted by molar-refractivity contribution is 9.09. The summed E-state index contributed by atoms with van der Waals surface area (Å²) in [7, 11) is -3.59. The molecule has 0 amide bonds. The number of nitrogens with one attached hydrogen (secondary N) is 1. The minimum absolute atomic E-state index is 0.289. The van der Waals surface area contributed by atoms with E-state index in [2.05, 4.69) is 20.7 Å². The molecule has 0 radical (unpaired) electrons. The van der Waals surface area contributed by atoms with Crippen LogP contribution in [0.5, 0.6) is 0 Å². The highest BCUT2D eigenvalue weighted by Gasteiger charge is 2.29. The van der Waals surface area contributed by atoms with Crippen molar-refractivity contribution in [3.05, 3.63) is 0 Å². The van der Waals surface area contributed by atoms with Gasteiger partial charge in [0, 0.05) is 18.3 Å². The standard InChI is InChI=1S/C11H19BrF3NO2S/c12-7-9-3-1-4-10(9)8-16-19(17,18)6-2-5-11(13,14)15/h9-10,16H,1-8H2. The molecule has 19 heavy (non-hydrogen) atoms. The van der Waals surface area contributed by atoms with Crippen molar-refractivity contribution in [3.63, 3.8) is 0 Å². The van der Waals surface area contributed by atoms with Gasteiger partial charge in [0.15, 0.2) is 0 Å². The Morgan fingerprint density at radius 3 is 2.42 bits per heavy atom. The minimum Gasteiger partial charge on any atom is -0.215 e.